The van der Waals surface area contributed by atoms with Crippen molar-refractivity contribution in [2.45, 2.75) is 57.7 Å². The molecule has 0 bridgehead atoms. The molecule has 0 amide bonds. The van der Waals surface area contributed by atoms with E-state index in [9.17, 15) is 13.2 Å². The zero-order valence-electron chi connectivity index (χ0n) is 25.5. The Labute approximate surface area is 275 Å². The molecule has 0 fully saturated rings. The molecular weight excluding hydrogens is 623 g/mol. The summed E-state index contributed by atoms with van der Waals surface area (Å²) in [6.45, 7) is 2.44. The lowest BCUT2D eigenvalue weighted by atomic mass is 9.90. The number of halogens is 4. The summed E-state index contributed by atoms with van der Waals surface area (Å²) in [6.07, 6.45) is 0.646. The first-order valence-electron chi connectivity index (χ1n) is 15.7. The number of hydrogen-bond donors (Lipinski definition) is 2. The molecule has 3 aromatic carbocycles. The first kappa shape index (κ1) is 31.2. The summed E-state index contributed by atoms with van der Waals surface area (Å²) in [7, 11) is 0. The van der Waals surface area contributed by atoms with Gasteiger partial charge in [-0.05, 0) is 84.5 Å². The van der Waals surface area contributed by atoms with Crippen LogP contribution in [0.25, 0.3) is 22.4 Å². The first-order chi connectivity index (χ1) is 22.8. The highest BCUT2D eigenvalue weighted by Crippen LogP contribution is 2.37. The molecule has 0 radical (unpaired) electrons. The third-order valence-corrected chi connectivity index (χ3v) is 8.98. The third-order valence-electron chi connectivity index (χ3n) is 8.66. The van der Waals surface area contributed by atoms with E-state index in [4.69, 9.17) is 26.0 Å². The Kier molecular flexibility index (Phi) is 8.86. The highest BCUT2D eigenvalue weighted by molar-refractivity contribution is 6.33. The van der Waals surface area contributed by atoms with Gasteiger partial charge in [0.2, 0.25) is 0 Å². The van der Waals surface area contributed by atoms with Crippen LogP contribution < -0.4 is 5.32 Å². The van der Waals surface area contributed by atoms with Crippen molar-refractivity contribution in [3.63, 3.8) is 0 Å². The Morgan fingerprint density at radius 2 is 1.74 bits per heavy atom. The Balaban J connectivity index is 1.01. The summed E-state index contributed by atoms with van der Waals surface area (Å²) in [5.74, 6) is 1.84. The summed E-state index contributed by atoms with van der Waals surface area (Å²) >= 11 is 6.19. The van der Waals surface area contributed by atoms with Gasteiger partial charge in [0.15, 0.2) is 0 Å². The molecule has 240 valence electrons. The van der Waals surface area contributed by atoms with Crippen LogP contribution >= 0.6 is 11.6 Å². The molecule has 7 rings (SSSR count). The summed E-state index contributed by atoms with van der Waals surface area (Å²) in [5, 5.41) is 3.56. The van der Waals surface area contributed by atoms with E-state index < -0.39 is 11.7 Å². The zero-order chi connectivity index (χ0) is 32.4. The van der Waals surface area contributed by atoms with Gasteiger partial charge in [-0.2, -0.15) is 13.2 Å². The quantitative estimate of drug-likeness (QED) is 0.154. The predicted molar refractivity (Wildman–Crippen MR) is 176 cm³/mol. The summed E-state index contributed by atoms with van der Waals surface area (Å²) < 4.78 is 45.5. The Morgan fingerprint density at radius 3 is 2.57 bits per heavy atom. The molecule has 6 aromatic rings. The molecule has 47 heavy (non-hydrogen) atoms. The standard InChI is InChI=1S/C37H33ClF3N5O/c38-30-16-14-27(37(39,40)41)19-29(30)34-17-15-28(47-34)21-42-20-24-10-12-25(13-11-24)22-46(23-35-44-31-7-1-2-8-32(31)45-35)33-9-3-5-26-6-4-18-43-36(26)33/h1-2,4,6-8,10-19,33,42H,3,5,9,20-23H2,(H,44,45). The monoisotopic (exact) mass is 655 g/mol. The highest BCUT2D eigenvalue weighted by atomic mass is 35.5. The number of imidazole rings is 1. The molecule has 0 saturated carbocycles. The average molecular weight is 656 g/mol. The number of para-hydroxylation sites is 2. The van der Waals surface area contributed by atoms with Crippen LogP contribution in [0.3, 0.4) is 0 Å². The van der Waals surface area contributed by atoms with Gasteiger partial charge in [0.05, 0.1) is 46.4 Å². The van der Waals surface area contributed by atoms with E-state index in [1.807, 2.05) is 30.5 Å². The van der Waals surface area contributed by atoms with E-state index in [1.165, 1.54) is 17.2 Å². The van der Waals surface area contributed by atoms with Crippen LogP contribution in [-0.2, 0) is 38.8 Å². The van der Waals surface area contributed by atoms with Crippen molar-refractivity contribution in [1.29, 1.82) is 0 Å². The van der Waals surface area contributed by atoms with Crippen molar-refractivity contribution < 1.29 is 17.6 Å². The molecule has 2 N–H and O–H groups in total. The van der Waals surface area contributed by atoms with E-state index in [1.54, 1.807) is 12.1 Å². The lowest BCUT2D eigenvalue weighted by molar-refractivity contribution is -0.137. The number of H-pyrrole nitrogens is 1. The van der Waals surface area contributed by atoms with Crippen molar-refractivity contribution >= 4 is 22.6 Å². The van der Waals surface area contributed by atoms with Gasteiger partial charge in [0, 0.05) is 24.8 Å². The van der Waals surface area contributed by atoms with Crippen molar-refractivity contribution in [3.8, 4) is 11.3 Å². The molecule has 0 spiro atoms. The number of alkyl halides is 3. The number of pyridine rings is 1. The van der Waals surface area contributed by atoms with Crippen molar-refractivity contribution in [1.82, 2.24) is 25.2 Å². The fourth-order valence-electron chi connectivity index (χ4n) is 6.32. The maximum absolute atomic E-state index is 13.2. The number of nitrogens with zero attached hydrogens (tertiary/aromatic N) is 3. The first-order valence-corrected chi connectivity index (χ1v) is 16.0. The van der Waals surface area contributed by atoms with Gasteiger partial charge in [-0.25, -0.2) is 4.98 Å². The summed E-state index contributed by atoms with van der Waals surface area (Å²) in [6, 6.07) is 27.7. The van der Waals surface area contributed by atoms with Gasteiger partial charge in [-0.3, -0.25) is 9.88 Å². The van der Waals surface area contributed by atoms with Crippen LogP contribution in [0, 0.1) is 0 Å². The van der Waals surface area contributed by atoms with Gasteiger partial charge < -0.3 is 14.7 Å². The maximum Gasteiger partial charge on any atom is 0.416 e. The molecule has 0 aliphatic heterocycles. The van der Waals surface area contributed by atoms with Crippen molar-refractivity contribution in [2.75, 3.05) is 0 Å². The SMILES string of the molecule is FC(F)(F)c1ccc(Cl)c(-c2ccc(CNCc3ccc(CN(Cc4nc5ccccc5[nH]4)C4CCCc5cccnc54)cc3)o2)c1. The van der Waals surface area contributed by atoms with Crippen molar-refractivity contribution in [3.05, 3.63) is 142 Å². The summed E-state index contributed by atoms with van der Waals surface area (Å²) in [5.41, 5.74) is 6.22. The molecule has 3 heterocycles. The van der Waals surface area contributed by atoms with Gasteiger partial charge >= 0.3 is 6.18 Å². The van der Waals surface area contributed by atoms with Crippen LogP contribution in [0.4, 0.5) is 13.2 Å². The maximum atomic E-state index is 13.2. The zero-order valence-corrected chi connectivity index (χ0v) is 26.3. The van der Waals surface area contributed by atoms with Gasteiger partial charge in [-0.1, -0.05) is 54.1 Å². The normalized spacial score (nSPS) is 15.0. The number of nitrogens with one attached hydrogen (secondary N) is 2. The van der Waals surface area contributed by atoms with Gasteiger partial charge in [0.1, 0.15) is 17.3 Å². The van der Waals surface area contributed by atoms with E-state index in [-0.39, 0.29) is 16.6 Å². The lowest BCUT2D eigenvalue weighted by Crippen LogP contribution is -2.31. The average Bonchev–Trinajstić information content (AvgIpc) is 3.71. The van der Waals surface area contributed by atoms with E-state index >= 15 is 0 Å². The van der Waals surface area contributed by atoms with Crippen LogP contribution in [0.1, 0.15) is 58.4 Å². The lowest BCUT2D eigenvalue weighted by Gasteiger charge is -2.34. The van der Waals surface area contributed by atoms with E-state index in [0.717, 1.165) is 66.1 Å². The largest absolute Gasteiger partial charge is 0.460 e. The molecule has 1 unspecified atom stereocenters. The second-order valence-corrected chi connectivity index (χ2v) is 12.3. The topological polar surface area (TPSA) is 70.0 Å². The number of aromatic amines is 1. The molecule has 1 aliphatic carbocycles. The molecule has 10 heteroatoms. The van der Waals surface area contributed by atoms with Crippen molar-refractivity contribution in [2.24, 2.45) is 0 Å². The van der Waals surface area contributed by atoms with Crippen LogP contribution in [-0.4, -0.2) is 19.9 Å². The van der Waals surface area contributed by atoms with E-state index in [2.05, 4.69) is 51.6 Å². The smallest absolute Gasteiger partial charge is 0.416 e. The minimum atomic E-state index is -4.46. The molecule has 1 aliphatic rings. The fourth-order valence-corrected chi connectivity index (χ4v) is 6.54. The van der Waals surface area contributed by atoms with Crippen LogP contribution in [0.15, 0.2) is 102 Å². The number of fused-ring (bicyclic) bond motifs is 2. The van der Waals surface area contributed by atoms with Gasteiger partial charge in [0.25, 0.3) is 0 Å². The number of aromatic nitrogens is 3. The second-order valence-electron chi connectivity index (χ2n) is 11.9. The molecule has 3 aromatic heterocycles. The fraction of sp³-hybridized carbons (Fsp3) is 0.243. The number of benzene rings is 3. The highest BCUT2D eigenvalue weighted by Gasteiger charge is 2.31. The molecule has 0 saturated heterocycles. The number of furan rings is 1. The number of hydrogen-bond acceptors (Lipinski definition) is 5. The minimum absolute atomic E-state index is 0.193. The predicted octanol–water partition coefficient (Wildman–Crippen LogP) is 9.26. The van der Waals surface area contributed by atoms with Crippen LogP contribution in [0.2, 0.25) is 5.02 Å². The molecule has 6 nitrogen and oxygen atoms in total. The Morgan fingerprint density at radius 1 is 0.915 bits per heavy atom. The number of rotatable bonds is 10. The molecule has 1 atom stereocenters. The number of aryl methyl sites for hydroxylation is 1. The van der Waals surface area contributed by atoms with Gasteiger partial charge in [-0.15, -0.1) is 0 Å². The Bertz CT molecular complexity index is 1950. The second kappa shape index (κ2) is 13.4. The van der Waals surface area contributed by atoms with E-state index in [0.29, 0.717) is 31.2 Å². The third kappa shape index (κ3) is 7.12. The Hall–Kier alpha value is -4.44. The summed E-state index contributed by atoms with van der Waals surface area (Å²) in [4.78, 5) is 15.7. The minimum Gasteiger partial charge on any atom is -0.460 e. The molecular formula is C37H33ClF3N5O. The van der Waals surface area contributed by atoms with Crippen LogP contribution in [0.5, 0.6) is 0 Å².